The van der Waals surface area contributed by atoms with E-state index in [-0.39, 0.29) is 22.4 Å². The maximum Gasteiger partial charge on any atom is 0.283 e. The molecule has 39 heavy (non-hydrogen) atoms. The lowest BCUT2D eigenvalue weighted by molar-refractivity contribution is -0.121. The molecule has 0 radical (unpaired) electrons. The second-order valence-electron chi connectivity index (χ2n) is 9.91. The number of thioether (sulfide) groups is 1. The molecule has 8 heteroatoms. The van der Waals surface area contributed by atoms with Gasteiger partial charge >= 0.3 is 0 Å². The molecule has 0 saturated heterocycles. The second-order valence-corrected chi connectivity index (χ2v) is 11.0. The number of benzene rings is 3. The minimum Gasteiger partial charge on any atom is -0.495 e. The highest BCUT2D eigenvalue weighted by Gasteiger charge is 2.40. The molecular formula is C31H31N3O4S. The van der Waals surface area contributed by atoms with E-state index >= 15 is 0 Å². The molecule has 3 aromatic rings. The molecule has 1 heterocycles. The SMILES string of the molecule is COc1ccc(C)cc1NC1=C(Sc2cccc(NC(=O)C3CCCC3)c2)C(=O)N(c2ccc(C)cc2)C1=O. The molecule has 200 valence electrons. The number of rotatable bonds is 8. The molecule has 1 saturated carbocycles. The predicted octanol–water partition coefficient (Wildman–Crippen LogP) is 6.43. The van der Waals surface area contributed by atoms with Gasteiger partial charge in [-0.3, -0.25) is 14.4 Å². The number of imide groups is 1. The van der Waals surface area contributed by atoms with E-state index in [0.29, 0.717) is 22.8 Å². The monoisotopic (exact) mass is 541 g/mol. The highest BCUT2D eigenvalue weighted by molar-refractivity contribution is 8.04. The summed E-state index contributed by atoms with van der Waals surface area (Å²) in [6, 6.07) is 20.3. The Morgan fingerprint density at radius 3 is 2.36 bits per heavy atom. The predicted molar refractivity (Wildman–Crippen MR) is 155 cm³/mol. The van der Waals surface area contributed by atoms with Crippen LogP contribution in [0.5, 0.6) is 5.75 Å². The van der Waals surface area contributed by atoms with Crippen molar-refractivity contribution in [1.29, 1.82) is 0 Å². The van der Waals surface area contributed by atoms with E-state index in [9.17, 15) is 14.4 Å². The van der Waals surface area contributed by atoms with Gasteiger partial charge in [0.05, 0.1) is 18.5 Å². The molecule has 3 amide bonds. The molecule has 0 spiro atoms. The van der Waals surface area contributed by atoms with Crippen LogP contribution in [0.15, 0.2) is 82.2 Å². The lowest BCUT2D eigenvalue weighted by Crippen LogP contribution is -2.32. The average molecular weight is 542 g/mol. The zero-order valence-electron chi connectivity index (χ0n) is 22.2. The Morgan fingerprint density at radius 1 is 0.923 bits per heavy atom. The van der Waals surface area contributed by atoms with Crippen molar-refractivity contribution in [2.75, 3.05) is 22.6 Å². The summed E-state index contributed by atoms with van der Waals surface area (Å²) >= 11 is 1.20. The third-order valence-electron chi connectivity index (χ3n) is 7.00. The first-order valence-corrected chi connectivity index (χ1v) is 13.9. The fourth-order valence-electron chi connectivity index (χ4n) is 4.88. The number of anilines is 3. The highest BCUT2D eigenvalue weighted by atomic mass is 32.2. The Bertz CT molecular complexity index is 1460. The van der Waals surface area contributed by atoms with Crippen molar-refractivity contribution in [2.24, 2.45) is 5.92 Å². The minimum atomic E-state index is -0.444. The summed E-state index contributed by atoms with van der Waals surface area (Å²) in [7, 11) is 1.56. The summed E-state index contributed by atoms with van der Waals surface area (Å²) in [6.07, 6.45) is 3.99. The van der Waals surface area contributed by atoms with Crippen LogP contribution in [0.2, 0.25) is 0 Å². The standard InChI is InChI=1S/C31H31N3O4S/c1-19-11-14-23(15-12-19)34-30(36)27(33-25-17-20(2)13-16-26(25)38-3)28(31(34)37)39-24-10-6-9-22(18-24)32-29(35)21-7-4-5-8-21/h6,9-18,21,33H,4-5,7-8H2,1-3H3,(H,32,35). The van der Waals surface area contributed by atoms with E-state index in [2.05, 4.69) is 10.6 Å². The lowest BCUT2D eigenvalue weighted by Gasteiger charge is -2.16. The highest BCUT2D eigenvalue weighted by Crippen LogP contribution is 2.40. The summed E-state index contributed by atoms with van der Waals surface area (Å²) in [6.45, 7) is 3.90. The lowest BCUT2D eigenvalue weighted by atomic mass is 10.1. The van der Waals surface area contributed by atoms with Crippen molar-refractivity contribution in [3.05, 3.63) is 88.5 Å². The quantitative estimate of drug-likeness (QED) is 0.320. The van der Waals surface area contributed by atoms with Crippen LogP contribution in [0.4, 0.5) is 17.1 Å². The first kappa shape index (κ1) is 26.6. The van der Waals surface area contributed by atoms with E-state index in [1.54, 1.807) is 19.2 Å². The molecule has 2 N–H and O–H groups in total. The number of amides is 3. The number of nitrogens with zero attached hydrogens (tertiary/aromatic N) is 1. The van der Waals surface area contributed by atoms with Crippen LogP contribution in [0.1, 0.15) is 36.8 Å². The van der Waals surface area contributed by atoms with Crippen LogP contribution in [0, 0.1) is 19.8 Å². The molecule has 5 rings (SSSR count). The third-order valence-corrected chi connectivity index (χ3v) is 8.07. The number of aryl methyl sites for hydroxylation is 2. The molecule has 0 bridgehead atoms. The molecule has 0 atom stereocenters. The van der Waals surface area contributed by atoms with Gasteiger partial charge in [0.15, 0.2) is 0 Å². The molecule has 1 fully saturated rings. The number of ether oxygens (including phenoxy) is 1. The first-order valence-electron chi connectivity index (χ1n) is 13.0. The number of nitrogens with one attached hydrogen (secondary N) is 2. The van der Waals surface area contributed by atoms with Gasteiger partial charge in [0.2, 0.25) is 5.91 Å². The second kappa shape index (κ2) is 11.4. The minimum absolute atomic E-state index is 0.0282. The summed E-state index contributed by atoms with van der Waals surface area (Å²) < 4.78 is 5.50. The van der Waals surface area contributed by atoms with Crippen LogP contribution < -0.4 is 20.3 Å². The van der Waals surface area contributed by atoms with Gasteiger partial charge in [-0.2, -0.15) is 0 Å². The van der Waals surface area contributed by atoms with Crippen molar-refractivity contribution in [3.8, 4) is 5.75 Å². The number of carbonyl (C=O) groups excluding carboxylic acids is 3. The van der Waals surface area contributed by atoms with Crippen molar-refractivity contribution < 1.29 is 19.1 Å². The summed E-state index contributed by atoms with van der Waals surface area (Å²) in [5.74, 6) is -0.228. The van der Waals surface area contributed by atoms with Gasteiger partial charge < -0.3 is 15.4 Å². The molecule has 1 aliphatic heterocycles. The fraction of sp³-hybridized carbons (Fsp3) is 0.258. The molecular weight excluding hydrogens is 510 g/mol. The van der Waals surface area contributed by atoms with Gasteiger partial charge in [-0.05, 0) is 74.7 Å². The Hall–Kier alpha value is -4.04. The fourth-order valence-corrected chi connectivity index (χ4v) is 5.87. The number of hydrogen-bond donors (Lipinski definition) is 2. The van der Waals surface area contributed by atoms with Crippen LogP contribution >= 0.6 is 11.8 Å². The molecule has 2 aliphatic rings. The third kappa shape index (κ3) is 5.71. The molecule has 0 aromatic heterocycles. The van der Waals surface area contributed by atoms with E-state index in [1.165, 1.54) is 16.7 Å². The van der Waals surface area contributed by atoms with Crippen LogP contribution in [-0.4, -0.2) is 24.8 Å². The van der Waals surface area contributed by atoms with Gasteiger partial charge in [0, 0.05) is 16.5 Å². The summed E-state index contributed by atoms with van der Waals surface area (Å²) in [5, 5.41) is 6.22. The normalized spacial score (nSPS) is 15.7. The van der Waals surface area contributed by atoms with Crippen molar-refractivity contribution >= 4 is 46.5 Å². The summed E-state index contributed by atoms with van der Waals surface area (Å²) in [4.78, 5) is 42.3. The van der Waals surface area contributed by atoms with Gasteiger partial charge in [-0.25, -0.2) is 4.90 Å². The van der Waals surface area contributed by atoms with E-state index in [1.807, 2.05) is 68.4 Å². The maximum atomic E-state index is 13.7. The molecule has 7 nitrogen and oxygen atoms in total. The first-order chi connectivity index (χ1) is 18.8. The number of carbonyl (C=O) groups is 3. The van der Waals surface area contributed by atoms with Gasteiger partial charge in [0.1, 0.15) is 16.4 Å². The van der Waals surface area contributed by atoms with Gasteiger partial charge in [-0.15, -0.1) is 0 Å². The Labute approximate surface area is 232 Å². The maximum absolute atomic E-state index is 13.7. The number of hydrogen-bond acceptors (Lipinski definition) is 6. The van der Waals surface area contributed by atoms with E-state index in [0.717, 1.165) is 41.7 Å². The summed E-state index contributed by atoms with van der Waals surface area (Å²) in [5.41, 5.74) is 3.94. The van der Waals surface area contributed by atoms with Crippen LogP contribution in [0.3, 0.4) is 0 Å². The van der Waals surface area contributed by atoms with Gasteiger partial charge in [-0.1, -0.05) is 54.4 Å². The topological polar surface area (TPSA) is 87.7 Å². The molecule has 1 aliphatic carbocycles. The molecule has 0 unspecified atom stereocenters. The smallest absolute Gasteiger partial charge is 0.283 e. The van der Waals surface area contributed by atoms with Crippen LogP contribution in [0.25, 0.3) is 0 Å². The zero-order valence-corrected chi connectivity index (χ0v) is 23.1. The van der Waals surface area contributed by atoms with Crippen LogP contribution in [-0.2, 0) is 14.4 Å². The Morgan fingerprint density at radius 2 is 1.64 bits per heavy atom. The number of methoxy groups -OCH3 is 1. The van der Waals surface area contributed by atoms with Crippen molar-refractivity contribution in [3.63, 3.8) is 0 Å². The Balaban J connectivity index is 1.48. The average Bonchev–Trinajstić information content (AvgIpc) is 3.54. The van der Waals surface area contributed by atoms with E-state index < -0.39 is 11.8 Å². The van der Waals surface area contributed by atoms with Gasteiger partial charge in [0.25, 0.3) is 11.8 Å². The van der Waals surface area contributed by atoms with E-state index in [4.69, 9.17) is 4.74 Å². The largest absolute Gasteiger partial charge is 0.495 e. The van der Waals surface area contributed by atoms with Crippen molar-refractivity contribution in [1.82, 2.24) is 0 Å². The zero-order chi connectivity index (χ0) is 27.5. The molecule has 3 aromatic carbocycles. The van der Waals surface area contributed by atoms with Crippen molar-refractivity contribution in [2.45, 2.75) is 44.4 Å². The Kier molecular flexibility index (Phi) is 7.74.